The topological polar surface area (TPSA) is 56.9 Å². The number of fused-ring (bicyclic) bond motifs is 1. The van der Waals surface area contributed by atoms with Crippen LogP contribution in [0.3, 0.4) is 0 Å². The van der Waals surface area contributed by atoms with Gasteiger partial charge in [-0.15, -0.1) is 0 Å². The van der Waals surface area contributed by atoms with E-state index in [-0.39, 0.29) is 17.7 Å². The average Bonchev–Trinajstić information content (AvgIpc) is 3.07. The Balaban J connectivity index is 1.84. The van der Waals surface area contributed by atoms with Crippen LogP contribution in [0.2, 0.25) is 0 Å². The summed E-state index contributed by atoms with van der Waals surface area (Å²) in [5.74, 6) is -0.620. The van der Waals surface area contributed by atoms with E-state index in [0.29, 0.717) is 19.3 Å². The zero-order valence-electron chi connectivity index (χ0n) is 16.4. The van der Waals surface area contributed by atoms with Crippen molar-refractivity contribution in [1.29, 1.82) is 0 Å². The lowest BCUT2D eigenvalue weighted by atomic mass is 10.00. The lowest BCUT2D eigenvalue weighted by Gasteiger charge is -2.16. The van der Waals surface area contributed by atoms with E-state index in [1.165, 1.54) is 24.3 Å². The zero-order valence-corrected chi connectivity index (χ0v) is 16.4. The summed E-state index contributed by atoms with van der Waals surface area (Å²) in [5, 5.41) is 6.96. The number of aryl methyl sites for hydroxylation is 1. The number of benzene rings is 2. The van der Waals surface area contributed by atoms with E-state index in [4.69, 9.17) is 0 Å². The van der Waals surface area contributed by atoms with E-state index < -0.39 is 0 Å². The minimum Gasteiger partial charge on any atom is -0.379 e. The number of aromatic nitrogens is 1. The number of rotatable bonds is 10. The quantitative estimate of drug-likeness (QED) is 0.447. The van der Waals surface area contributed by atoms with Crippen molar-refractivity contribution < 1.29 is 13.6 Å². The molecule has 1 atom stereocenters. The molecule has 1 heterocycles. The first-order valence-corrected chi connectivity index (χ1v) is 9.62. The van der Waals surface area contributed by atoms with Crippen molar-refractivity contribution in [2.75, 3.05) is 13.6 Å². The molecule has 0 aliphatic heterocycles. The minimum absolute atomic E-state index is 0.299. The molecule has 0 spiro atoms. The Morgan fingerprint density at radius 3 is 2.59 bits per heavy atom. The molecule has 0 aliphatic rings. The maximum absolute atomic E-state index is 13.9. The molecule has 0 bridgehead atoms. The third kappa shape index (κ3) is 5.09. The molecular weight excluding hydrogens is 372 g/mol. The van der Waals surface area contributed by atoms with Crippen molar-refractivity contribution in [2.45, 2.75) is 25.3 Å². The van der Waals surface area contributed by atoms with E-state index in [1.54, 1.807) is 18.2 Å². The number of aldehydes is 1. The van der Waals surface area contributed by atoms with Crippen LogP contribution in [0, 0.1) is 11.6 Å². The van der Waals surface area contributed by atoms with Crippen LogP contribution in [0.15, 0.2) is 54.7 Å². The molecule has 0 saturated heterocycles. The molecule has 2 aromatic carbocycles. The van der Waals surface area contributed by atoms with Crippen molar-refractivity contribution in [3.05, 3.63) is 71.9 Å². The molecule has 1 aromatic heterocycles. The smallest absolute Gasteiger partial charge is 0.142 e. The highest BCUT2D eigenvalue weighted by molar-refractivity contribution is 5.90. The second kappa shape index (κ2) is 9.47. The summed E-state index contributed by atoms with van der Waals surface area (Å²) < 4.78 is 27.2. The number of allylic oxidation sites excluding steroid dienone is 1. The number of H-pyrrole nitrogens is 1. The first-order chi connectivity index (χ1) is 14.0. The first kappa shape index (κ1) is 20.7. The fourth-order valence-corrected chi connectivity index (χ4v) is 3.43. The molecule has 4 nitrogen and oxygen atoms in total. The molecule has 0 fully saturated rings. The summed E-state index contributed by atoms with van der Waals surface area (Å²) in [5.41, 5.74) is 4.16. The van der Waals surface area contributed by atoms with E-state index >= 15 is 0 Å². The van der Waals surface area contributed by atoms with Crippen LogP contribution < -0.4 is 10.6 Å². The molecule has 3 N–H and O–H groups in total. The second-order valence-corrected chi connectivity index (χ2v) is 7.06. The number of halogens is 2. The van der Waals surface area contributed by atoms with E-state index in [1.807, 2.05) is 7.05 Å². The third-order valence-corrected chi connectivity index (χ3v) is 4.94. The molecule has 152 valence electrons. The Kier molecular flexibility index (Phi) is 6.77. The van der Waals surface area contributed by atoms with Crippen molar-refractivity contribution in [3.63, 3.8) is 0 Å². The van der Waals surface area contributed by atoms with Gasteiger partial charge >= 0.3 is 0 Å². The molecule has 3 aromatic rings. The van der Waals surface area contributed by atoms with E-state index in [2.05, 4.69) is 22.2 Å². The first-order valence-electron chi connectivity index (χ1n) is 9.62. The van der Waals surface area contributed by atoms with Gasteiger partial charge in [0.25, 0.3) is 0 Å². The van der Waals surface area contributed by atoms with Crippen LogP contribution in [-0.2, 0) is 11.2 Å². The van der Waals surface area contributed by atoms with Crippen molar-refractivity contribution in [1.82, 2.24) is 15.6 Å². The van der Waals surface area contributed by atoms with Gasteiger partial charge in [0.15, 0.2) is 0 Å². The van der Waals surface area contributed by atoms with Gasteiger partial charge in [-0.25, -0.2) is 8.78 Å². The minimum atomic E-state index is -0.312. The third-order valence-electron chi connectivity index (χ3n) is 4.94. The maximum atomic E-state index is 13.9. The highest BCUT2D eigenvalue weighted by Crippen LogP contribution is 2.32. The maximum Gasteiger partial charge on any atom is 0.142 e. The van der Waals surface area contributed by atoms with E-state index in [9.17, 15) is 13.6 Å². The fraction of sp³-hybridized carbons (Fsp3) is 0.261. The Hall–Kier alpha value is -2.99. The number of carbonyl (C=O) groups is 1. The summed E-state index contributed by atoms with van der Waals surface area (Å²) in [7, 11) is 1.84. The summed E-state index contributed by atoms with van der Waals surface area (Å²) in [6.07, 6.45) is 2.73. The molecule has 0 radical (unpaired) electrons. The van der Waals surface area contributed by atoms with Gasteiger partial charge in [0.05, 0.1) is 6.04 Å². The highest BCUT2D eigenvalue weighted by Gasteiger charge is 2.15. The normalized spacial score (nSPS) is 12.1. The van der Waals surface area contributed by atoms with Crippen LogP contribution >= 0.6 is 0 Å². The summed E-state index contributed by atoms with van der Waals surface area (Å²) >= 11 is 0. The number of nitrogens with one attached hydrogen (secondary N) is 3. The average molecular weight is 397 g/mol. The molecular formula is C23H25F2N3O. The Labute approximate surface area is 169 Å². The number of hydrogen-bond donors (Lipinski definition) is 3. The number of hydrogen-bond acceptors (Lipinski definition) is 3. The van der Waals surface area contributed by atoms with Crippen LogP contribution in [0.1, 0.15) is 18.4 Å². The molecule has 3 rings (SSSR count). The van der Waals surface area contributed by atoms with Gasteiger partial charge in [0.2, 0.25) is 0 Å². The van der Waals surface area contributed by atoms with E-state index in [0.717, 1.165) is 46.3 Å². The SMILES string of the molecule is C=C(CCc1c(-c2ccc(F)cc2)[nH]c2ccc(F)cc12)NC(C=O)CCNC. The van der Waals surface area contributed by atoms with Gasteiger partial charge in [-0.1, -0.05) is 6.58 Å². The van der Waals surface area contributed by atoms with Crippen LogP contribution in [0.4, 0.5) is 8.78 Å². The zero-order chi connectivity index (χ0) is 20.8. The number of carbonyl (C=O) groups excluding carboxylic acids is 1. The van der Waals surface area contributed by atoms with Crippen LogP contribution in [0.5, 0.6) is 0 Å². The van der Waals surface area contributed by atoms with Gasteiger partial charge < -0.3 is 20.4 Å². The summed E-state index contributed by atoms with van der Waals surface area (Å²) in [6, 6.07) is 10.5. The van der Waals surface area contributed by atoms with Crippen LogP contribution in [0.25, 0.3) is 22.2 Å². The fourth-order valence-electron chi connectivity index (χ4n) is 3.43. The van der Waals surface area contributed by atoms with Gasteiger partial charge in [-0.05, 0) is 86.4 Å². The standard InChI is InChI=1S/C23H25F2N3O/c1-15(27-19(14-29)11-12-26-2)3-9-20-21-13-18(25)8-10-22(21)28-23(20)16-4-6-17(24)7-5-16/h4-8,10,13-14,19,26-28H,1,3,9,11-12H2,2H3. The molecule has 0 saturated carbocycles. The van der Waals surface area contributed by atoms with Gasteiger partial charge in [-0.2, -0.15) is 0 Å². The van der Waals surface area contributed by atoms with Crippen molar-refractivity contribution >= 4 is 17.2 Å². The van der Waals surface area contributed by atoms with Crippen molar-refractivity contribution in [3.8, 4) is 11.3 Å². The van der Waals surface area contributed by atoms with Gasteiger partial charge in [0.1, 0.15) is 17.9 Å². The second-order valence-electron chi connectivity index (χ2n) is 7.06. The largest absolute Gasteiger partial charge is 0.379 e. The molecule has 1 unspecified atom stereocenters. The predicted molar refractivity (Wildman–Crippen MR) is 113 cm³/mol. The number of aromatic amines is 1. The van der Waals surface area contributed by atoms with Crippen molar-refractivity contribution in [2.24, 2.45) is 0 Å². The molecule has 0 amide bonds. The molecule has 29 heavy (non-hydrogen) atoms. The Bertz CT molecular complexity index is 995. The van der Waals surface area contributed by atoms with Gasteiger partial charge in [-0.3, -0.25) is 0 Å². The predicted octanol–water partition coefficient (Wildman–Crippen LogP) is 4.33. The Morgan fingerprint density at radius 1 is 1.17 bits per heavy atom. The Morgan fingerprint density at radius 2 is 1.90 bits per heavy atom. The van der Waals surface area contributed by atoms with Crippen LogP contribution in [-0.4, -0.2) is 30.9 Å². The molecule has 6 heteroatoms. The summed E-state index contributed by atoms with van der Waals surface area (Å²) in [6.45, 7) is 4.76. The molecule has 0 aliphatic carbocycles. The lowest BCUT2D eigenvalue weighted by Crippen LogP contribution is -2.32. The highest BCUT2D eigenvalue weighted by atomic mass is 19.1. The monoisotopic (exact) mass is 397 g/mol. The summed E-state index contributed by atoms with van der Waals surface area (Å²) in [4.78, 5) is 14.6. The lowest BCUT2D eigenvalue weighted by molar-refractivity contribution is -0.109. The van der Waals surface area contributed by atoms with Gasteiger partial charge in [0, 0.05) is 22.3 Å².